The van der Waals surface area contributed by atoms with Crippen molar-refractivity contribution < 1.29 is 14.7 Å². The van der Waals surface area contributed by atoms with Crippen molar-refractivity contribution in [1.82, 2.24) is 5.32 Å². The highest BCUT2D eigenvalue weighted by molar-refractivity contribution is 9.10. The summed E-state index contributed by atoms with van der Waals surface area (Å²) in [4.78, 5) is 23.2. The highest BCUT2D eigenvalue weighted by Crippen LogP contribution is 2.29. The van der Waals surface area contributed by atoms with Crippen molar-refractivity contribution in [3.63, 3.8) is 0 Å². The Kier molecular flexibility index (Phi) is 5.39. The summed E-state index contributed by atoms with van der Waals surface area (Å²) >= 11 is 3.39. The molecule has 1 aromatic rings. The number of carboxylic acid groups (broad SMARTS) is 1. The minimum atomic E-state index is -0.739. The van der Waals surface area contributed by atoms with E-state index in [1.807, 2.05) is 31.2 Å². The van der Waals surface area contributed by atoms with Gasteiger partial charge in [-0.2, -0.15) is 0 Å². The van der Waals surface area contributed by atoms with Gasteiger partial charge in [-0.05, 0) is 50.3 Å². The maximum absolute atomic E-state index is 12.3. The smallest absolute Gasteiger partial charge is 0.306 e. The molecule has 0 heterocycles. The first-order chi connectivity index (χ1) is 9.97. The maximum atomic E-state index is 12.3. The third kappa shape index (κ3) is 4.30. The van der Waals surface area contributed by atoms with Crippen molar-refractivity contribution in [1.29, 1.82) is 0 Å². The number of carbonyl (C=O) groups is 2. The van der Waals surface area contributed by atoms with E-state index in [0.717, 1.165) is 10.0 Å². The lowest BCUT2D eigenvalue weighted by Gasteiger charge is -2.26. The Balaban J connectivity index is 1.87. The summed E-state index contributed by atoms with van der Waals surface area (Å²) in [6.45, 7) is 1.96. The molecule has 0 bridgehead atoms. The second-order valence-corrected chi connectivity index (χ2v) is 6.58. The predicted octanol–water partition coefficient (Wildman–Crippen LogP) is 3.52. The van der Waals surface area contributed by atoms with Crippen LogP contribution in [0.3, 0.4) is 0 Å². The molecule has 0 aromatic heterocycles. The number of amides is 1. The molecule has 4 nitrogen and oxygen atoms in total. The van der Waals surface area contributed by atoms with E-state index in [1.165, 1.54) is 0 Å². The molecule has 1 aliphatic carbocycles. The van der Waals surface area contributed by atoms with Gasteiger partial charge in [0.05, 0.1) is 12.0 Å². The number of carboxylic acids is 1. The maximum Gasteiger partial charge on any atom is 0.306 e. The average molecular weight is 354 g/mol. The molecular weight excluding hydrogens is 334 g/mol. The van der Waals surface area contributed by atoms with Gasteiger partial charge in [-0.25, -0.2) is 0 Å². The fourth-order valence-corrected chi connectivity index (χ4v) is 3.03. The molecule has 1 aromatic carbocycles. The lowest BCUT2D eigenvalue weighted by Crippen LogP contribution is -2.35. The summed E-state index contributed by atoms with van der Waals surface area (Å²) in [7, 11) is 0. The first kappa shape index (κ1) is 16.0. The van der Waals surface area contributed by atoms with Crippen molar-refractivity contribution in [3.05, 3.63) is 34.3 Å². The van der Waals surface area contributed by atoms with Crippen LogP contribution in [0.1, 0.15) is 44.2 Å². The zero-order chi connectivity index (χ0) is 15.4. The van der Waals surface area contributed by atoms with Gasteiger partial charge in [0.15, 0.2) is 0 Å². The van der Waals surface area contributed by atoms with Gasteiger partial charge in [-0.1, -0.05) is 28.1 Å². The molecular formula is C16H20BrNO3. The van der Waals surface area contributed by atoms with Crippen molar-refractivity contribution in [2.24, 2.45) is 11.8 Å². The first-order valence-corrected chi connectivity index (χ1v) is 8.05. The van der Waals surface area contributed by atoms with Crippen molar-refractivity contribution in [2.75, 3.05) is 0 Å². The molecule has 114 valence electrons. The van der Waals surface area contributed by atoms with Crippen LogP contribution in [0.25, 0.3) is 0 Å². The van der Waals surface area contributed by atoms with E-state index in [9.17, 15) is 9.59 Å². The van der Waals surface area contributed by atoms with Crippen LogP contribution in [0.5, 0.6) is 0 Å². The third-order valence-electron chi connectivity index (χ3n) is 4.18. The van der Waals surface area contributed by atoms with Crippen LogP contribution in [0, 0.1) is 11.8 Å². The number of nitrogens with one attached hydrogen (secondary N) is 1. The molecule has 1 fully saturated rings. The molecule has 21 heavy (non-hydrogen) atoms. The number of rotatable bonds is 4. The Hall–Kier alpha value is -1.36. The first-order valence-electron chi connectivity index (χ1n) is 7.26. The lowest BCUT2D eigenvalue weighted by molar-refractivity contribution is -0.144. The largest absolute Gasteiger partial charge is 0.481 e. The summed E-state index contributed by atoms with van der Waals surface area (Å²) < 4.78 is 1.01. The summed E-state index contributed by atoms with van der Waals surface area (Å²) in [5.74, 6) is -1.04. The Morgan fingerprint density at radius 2 is 1.67 bits per heavy atom. The molecule has 0 aliphatic heterocycles. The normalized spacial score (nSPS) is 23.3. The van der Waals surface area contributed by atoms with Crippen LogP contribution in [0.15, 0.2) is 28.7 Å². The molecule has 1 unspecified atom stereocenters. The van der Waals surface area contributed by atoms with Gasteiger partial charge in [-0.15, -0.1) is 0 Å². The molecule has 1 atom stereocenters. The number of hydrogen-bond acceptors (Lipinski definition) is 2. The number of halogens is 1. The topological polar surface area (TPSA) is 66.4 Å². The summed E-state index contributed by atoms with van der Waals surface area (Å²) in [6.07, 6.45) is 2.52. The number of aliphatic carboxylic acids is 1. The van der Waals surface area contributed by atoms with E-state index in [-0.39, 0.29) is 23.8 Å². The van der Waals surface area contributed by atoms with E-state index in [1.54, 1.807) is 0 Å². The van der Waals surface area contributed by atoms with Crippen LogP contribution in [-0.4, -0.2) is 17.0 Å². The van der Waals surface area contributed by atoms with Gasteiger partial charge >= 0.3 is 5.97 Å². The molecule has 1 saturated carbocycles. The van der Waals surface area contributed by atoms with Crippen LogP contribution in [0.2, 0.25) is 0 Å². The highest BCUT2D eigenvalue weighted by Gasteiger charge is 2.30. The predicted molar refractivity (Wildman–Crippen MR) is 83.8 cm³/mol. The summed E-state index contributed by atoms with van der Waals surface area (Å²) in [6, 6.07) is 7.83. The molecule has 2 N–H and O–H groups in total. The lowest BCUT2D eigenvalue weighted by atomic mass is 9.81. The minimum Gasteiger partial charge on any atom is -0.481 e. The Morgan fingerprint density at radius 1 is 1.14 bits per heavy atom. The average Bonchev–Trinajstić information content (AvgIpc) is 2.47. The van der Waals surface area contributed by atoms with Crippen LogP contribution < -0.4 is 5.32 Å². The number of benzene rings is 1. The van der Waals surface area contributed by atoms with Crippen molar-refractivity contribution in [3.8, 4) is 0 Å². The zero-order valence-electron chi connectivity index (χ0n) is 12.0. The molecule has 2 rings (SSSR count). The third-order valence-corrected chi connectivity index (χ3v) is 4.70. The number of hydrogen-bond donors (Lipinski definition) is 2. The monoisotopic (exact) mass is 353 g/mol. The zero-order valence-corrected chi connectivity index (χ0v) is 13.6. The Bertz CT molecular complexity index is 507. The summed E-state index contributed by atoms with van der Waals surface area (Å²) in [5, 5.41) is 12.0. The van der Waals surface area contributed by atoms with Gasteiger partial charge in [0.2, 0.25) is 5.91 Å². The van der Waals surface area contributed by atoms with Gasteiger partial charge in [0.25, 0.3) is 0 Å². The quantitative estimate of drug-likeness (QED) is 0.870. The van der Waals surface area contributed by atoms with Crippen molar-refractivity contribution in [2.45, 2.75) is 38.6 Å². The Labute approximate surface area is 133 Å². The molecule has 0 saturated heterocycles. The Morgan fingerprint density at radius 3 is 2.19 bits per heavy atom. The van der Waals surface area contributed by atoms with Gasteiger partial charge in [0.1, 0.15) is 0 Å². The van der Waals surface area contributed by atoms with Gasteiger partial charge < -0.3 is 10.4 Å². The molecule has 5 heteroatoms. The molecule has 0 spiro atoms. The van der Waals surface area contributed by atoms with Crippen LogP contribution in [-0.2, 0) is 9.59 Å². The number of carbonyl (C=O) groups excluding carboxylic acids is 1. The van der Waals surface area contributed by atoms with E-state index < -0.39 is 5.97 Å². The van der Waals surface area contributed by atoms with Crippen LogP contribution >= 0.6 is 15.9 Å². The van der Waals surface area contributed by atoms with Gasteiger partial charge in [-0.3, -0.25) is 9.59 Å². The van der Waals surface area contributed by atoms with Crippen LogP contribution in [0.4, 0.5) is 0 Å². The second-order valence-electron chi connectivity index (χ2n) is 5.67. The highest BCUT2D eigenvalue weighted by atomic mass is 79.9. The summed E-state index contributed by atoms with van der Waals surface area (Å²) in [5.41, 5.74) is 1.06. The van der Waals surface area contributed by atoms with Crippen molar-refractivity contribution >= 4 is 27.8 Å². The molecule has 1 aliphatic rings. The van der Waals surface area contributed by atoms with E-state index in [0.29, 0.717) is 25.7 Å². The van der Waals surface area contributed by atoms with Gasteiger partial charge in [0, 0.05) is 10.4 Å². The molecule has 0 radical (unpaired) electrons. The minimum absolute atomic E-state index is 0.0363. The van der Waals surface area contributed by atoms with E-state index in [4.69, 9.17) is 5.11 Å². The molecule has 1 amide bonds. The standard InChI is InChI=1S/C16H20BrNO3/c1-10(11-6-8-14(17)9-7-11)18-15(19)12-2-4-13(5-3-12)16(20)21/h6-10,12-13H,2-5H2,1H3,(H,18,19)(H,20,21). The van der Waals surface area contributed by atoms with E-state index >= 15 is 0 Å². The second kappa shape index (κ2) is 7.07. The fourth-order valence-electron chi connectivity index (χ4n) is 2.77. The SMILES string of the molecule is CC(NC(=O)C1CCC(C(=O)O)CC1)c1ccc(Br)cc1. The fraction of sp³-hybridized carbons (Fsp3) is 0.500. The van der Waals surface area contributed by atoms with E-state index in [2.05, 4.69) is 21.2 Å².